The number of fused-ring (bicyclic) bond motifs is 1. The Morgan fingerprint density at radius 1 is 1.44 bits per heavy atom. The van der Waals surface area contributed by atoms with Gasteiger partial charge in [0.15, 0.2) is 0 Å². The van der Waals surface area contributed by atoms with E-state index < -0.39 is 0 Å². The Morgan fingerprint density at radius 3 is 2.88 bits per heavy atom. The second-order valence-corrected chi connectivity index (χ2v) is 4.86. The van der Waals surface area contributed by atoms with Gasteiger partial charge in [-0.15, -0.1) is 11.6 Å². The van der Waals surface area contributed by atoms with Crippen molar-refractivity contribution in [3.05, 3.63) is 22.2 Å². The molecule has 0 unspecified atom stereocenters. The molecule has 0 radical (unpaired) electrons. The highest BCUT2D eigenvalue weighted by Crippen LogP contribution is 2.34. The number of rotatable bonds is 2. The summed E-state index contributed by atoms with van der Waals surface area (Å²) < 4.78 is 4.14. The van der Waals surface area contributed by atoms with E-state index in [1.807, 2.05) is 0 Å². The average molecular weight is 296 g/mol. The van der Waals surface area contributed by atoms with Crippen molar-refractivity contribution in [2.24, 2.45) is 0 Å². The van der Waals surface area contributed by atoms with Crippen LogP contribution in [0.4, 0.5) is 5.00 Å². The smallest absolute Gasteiger partial charge is 0.239 e. The molecule has 0 fully saturated rings. The zero-order valence-corrected chi connectivity index (χ0v) is 10.8. The van der Waals surface area contributed by atoms with Gasteiger partial charge >= 0.3 is 0 Å². The number of halogens is 3. The van der Waals surface area contributed by atoms with Gasteiger partial charge in [0.25, 0.3) is 0 Å². The number of alkyl halides is 1. The van der Waals surface area contributed by atoms with Crippen molar-refractivity contribution in [1.29, 1.82) is 0 Å². The Hall–Kier alpha value is -0.550. The van der Waals surface area contributed by atoms with E-state index in [2.05, 4.69) is 9.69 Å². The molecular weight excluding hydrogens is 291 g/mol. The molecule has 0 atom stereocenters. The largest absolute Gasteiger partial charge is 0.315 e. The van der Waals surface area contributed by atoms with E-state index in [9.17, 15) is 4.79 Å². The molecule has 1 heterocycles. The summed E-state index contributed by atoms with van der Waals surface area (Å²) in [5.74, 6) is -0.392. The summed E-state index contributed by atoms with van der Waals surface area (Å²) in [5.41, 5.74) is 0.626. The van der Waals surface area contributed by atoms with Gasteiger partial charge in [0.1, 0.15) is 16.4 Å². The predicted octanol–water partition coefficient (Wildman–Crippen LogP) is 3.78. The molecule has 1 aromatic heterocycles. The second kappa shape index (κ2) is 4.75. The Morgan fingerprint density at radius 2 is 2.19 bits per heavy atom. The standard InChI is InChI=1S/C9H5Cl3N2OS/c10-3-7(15)13-9-5-1-4(11)2-6(12)8(5)14-16-9/h1-2H,3H2,(H,13,15). The Kier molecular flexibility index (Phi) is 3.54. The first kappa shape index (κ1) is 11.9. The first-order valence-corrected chi connectivity index (χ1v) is 6.28. The maximum atomic E-state index is 11.2. The minimum atomic E-state index is -0.289. The molecule has 2 rings (SSSR count). The molecule has 0 saturated heterocycles. The van der Waals surface area contributed by atoms with Crippen LogP contribution in [0.5, 0.6) is 0 Å². The summed E-state index contributed by atoms with van der Waals surface area (Å²) in [6.45, 7) is 0. The first-order chi connectivity index (χ1) is 7.61. The van der Waals surface area contributed by atoms with Crippen molar-refractivity contribution >= 4 is 68.1 Å². The fourth-order valence-corrected chi connectivity index (χ4v) is 2.67. The van der Waals surface area contributed by atoms with Crippen LogP contribution in [0.2, 0.25) is 10.0 Å². The van der Waals surface area contributed by atoms with E-state index in [4.69, 9.17) is 34.8 Å². The van der Waals surface area contributed by atoms with Crippen LogP contribution in [0, 0.1) is 0 Å². The lowest BCUT2D eigenvalue weighted by Crippen LogP contribution is -2.11. The highest BCUT2D eigenvalue weighted by atomic mass is 35.5. The van der Waals surface area contributed by atoms with Crippen LogP contribution in [0.15, 0.2) is 12.1 Å². The quantitative estimate of drug-likeness (QED) is 0.857. The number of hydrogen-bond acceptors (Lipinski definition) is 3. The summed E-state index contributed by atoms with van der Waals surface area (Å²) in [5, 5.41) is 4.92. The van der Waals surface area contributed by atoms with Gasteiger partial charge in [0, 0.05) is 10.4 Å². The van der Waals surface area contributed by atoms with E-state index in [0.29, 0.717) is 20.6 Å². The topological polar surface area (TPSA) is 42.0 Å². The summed E-state index contributed by atoms with van der Waals surface area (Å²) in [4.78, 5) is 11.2. The summed E-state index contributed by atoms with van der Waals surface area (Å²) in [7, 11) is 0. The van der Waals surface area contributed by atoms with Crippen LogP contribution < -0.4 is 5.32 Å². The summed E-state index contributed by atoms with van der Waals surface area (Å²) >= 11 is 18.4. The zero-order chi connectivity index (χ0) is 11.7. The van der Waals surface area contributed by atoms with Crippen molar-refractivity contribution in [2.45, 2.75) is 0 Å². The van der Waals surface area contributed by atoms with E-state index in [1.54, 1.807) is 12.1 Å². The molecule has 1 aromatic carbocycles. The van der Waals surface area contributed by atoms with Gasteiger partial charge in [-0.05, 0) is 23.7 Å². The van der Waals surface area contributed by atoms with Crippen molar-refractivity contribution in [2.75, 3.05) is 11.2 Å². The van der Waals surface area contributed by atoms with Gasteiger partial charge in [-0.3, -0.25) is 4.79 Å². The van der Waals surface area contributed by atoms with E-state index >= 15 is 0 Å². The Balaban J connectivity index is 2.51. The average Bonchev–Trinajstić information content (AvgIpc) is 2.61. The highest BCUT2D eigenvalue weighted by Gasteiger charge is 2.12. The van der Waals surface area contributed by atoms with Crippen LogP contribution in [0.25, 0.3) is 10.9 Å². The van der Waals surface area contributed by atoms with Crippen LogP contribution in [-0.4, -0.2) is 16.2 Å². The molecular formula is C9H5Cl3N2OS. The lowest BCUT2D eigenvalue weighted by molar-refractivity contribution is -0.113. The summed E-state index contributed by atoms with van der Waals surface area (Å²) in [6, 6.07) is 3.31. The van der Waals surface area contributed by atoms with E-state index in [-0.39, 0.29) is 11.8 Å². The fourth-order valence-electron chi connectivity index (χ4n) is 1.22. The van der Waals surface area contributed by atoms with Gasteiger partial charge < -0.3 is 5.32 Å². The normalized spacial score (nSPS) is 10.7. The van der Waals surface area contributed by atoms with E-state index in [1.165, 1.54) is 0 Å². The van der Waals surface area contributed by atoms with Gasteiger partial charge in [0.2, 0.25) is 5.91 Å². The molecule has 0 bridgehead atoms. The van der Waals surface area contributed by atoms with Crippen LogP contribution in [-0.2, 0) is 4.79 Å². The maximum Gasteiger partial charge on any atom is 0.239 e. The number of aromatic nitrogens is 1. The molecule has 84 valence electrons. The molecule has 2 aromatic rings. The van der Waals surface area contributed by atoms with Crippen molar-refractivity contribution < 1.29 is 4.79 Å². The molecule has 3 nitrogen and oxygen atoms in total. The molecule has 0 saturated carbocycles. The number of hydrogen-bond donors (Lipinski definition) is 1. The van der Waals surface area contributed by atoms with Crippen LogP contribution in [0.1, 0.15) is 0 Å². The molecule has 1 amide bonds. The van der Waals surface area contributed by atoms with Crippen molar-refractivity contribution in [3.63, 3.8) is 0 Å². The van der Waals surface area contributed by atoms with Crippen molar-refractivity contribution in [3.8, 4) is 0 Å². The number of amides is 1. The lowest BCUT2D eigenvalue weighted by atomic mass is 10.2. The lowest BCUT2D eigenvalue weighted by Gasteiger charge is -2.00. The molecule has 0 aliphatic heterocycles. The molecule has 7 heteroatoms. The van der Waals surface area contributed by atoms with Gasteiger partial charge in [-0.2, -0.15) is 4.37 Å². The SMILES string of the molecule is O=C(CCl)Nc1snc2c(Cl)cc(Cl)cc12. The number of carbonyl (C=O) groups excluding carboxylic acids is 1. The molecule has 0 spiro atoms. The minimum absolute atomic E-state index is 0.103. The number of benzene rings is 1. The number of carbonyl (C=O) groups is 1. The molecule has 1 N–H and O–H groups in total. The highest BCUT2D eigenvalue weighted by molar-refractivity contribution is 7.12. The minimum Gasteiger partial charge on any atom is -0.315 e. The monoisotopic (exact) mass is 294 g/mol. The number of nitrogens with zero attached hydrogens (tertiary/aromatic N) is 1. The number of anilines is 1. The number of nitrogens with one attached hydrogen (secondary N) is 1. The zero-order valence-electron chi connectivity index (χ0n) is 7.76. The Labute approximate surface area is 110 Å². The molecule has 0 aliphatic rings. The van der Waals surface area contributed by atoms with E-state index in [0.717, 1.165) is 16.9 Å². The Bertz CT molecular complexity index is 555. The third-order valence-corrected chi connectivity index (χ3v) is 3.40. The third-order valence-electron chi connectivity index (χ3n) is 1.88. The predicted molar refractivity (Wildman–Crippen MR) is 69.0 cm³/mol. The van der Waals surface area contributed by atoms with Gasteiger partial charge in [-0.1, -0.05) is 23.2 Å². The molecule has 0 aliphatic carbocycles. The first-order valence-electron chi connectivity index (χ1n) is 4.22. The summed E-state index contributed by atoms with van der Waals surface area (Å²) in [6.07, 6.45) is 0. The van der Waals surface area contributed by atoms with Crippen LogP contribution >= 0.6 is 46.3 Å². The molecule has 16 heavy (non-hydrogen) atoms. The van der Waals surface area contributed by atoms with Gasteiger partial charge in [0.05, 0.1) is 5.02 Å². The third kappa shape index (κ3) is 2.25. The maximum absolute atomic E-state index is 11.2. The van der Waals surface area contributed by atoms with Crippen molar-refractivity contribution in [1.82, 2.24) is 4.37 Å². The second-order valence-electron chi connectivity index (χ2n) is 2.98. The van der Waals surface area contributed by atoms with Crippen LogP contribution in [0.3, 0.4) is 0 Å². The fraction of sp³-hybridized carbons (Fsp3) is 0.111. The van der Waals surface area contributed by atoms with Gasteiger partial charge in [-0.25, -0.2) is 0 Å².